The standard InChI is InChI=1S/C16H18Cl2FN4O2P.H3P/c1-23(7-6-19)15(24)10-4-5-12(13(8-10)25-26(2)3)21-14-11(17)9-20-16(18)22-14;/h4-5,8-9H,6-7H2,1-3H3,(H,20,21,22);1H3. The molecule has 0 aliphatic rings. The third-order valence-corrected chi connectivity index (χ3v) is 4.26. The lowest BCUT2D eigenvalue weighted by atomic mass is 10.1. The van der Waals surface area contributed by atoms with E-state index in [1.165, 1.54) is 11.1 Å². The molecule has 1 atom stereocenters. The minimum absolute atomic E-state index is 0. The van der Waals surface area contributed by atoms with Gasteiger partial charge in [-0.3, -0.25) is 4.79 Å². The van der Waals surface area contributed by atoms with Crippen LogP contribution in [0, 0.1) is 0 Å². The number of hydrogen-bond donors (Lipinski definition) is 1. The molecule has 1 heterocycles. The van der Waals surface area contributed by atoms with Crippen molar-refractivity contribution < 1.29 is 13.7 Å². The second kappa shape index (κ2) is 10.9. The van der Waals surface area contributed by atoms with Crippen LogP contribution < -0.4 is 9.84 Å². The van der Waals surface area contributed by atoms with Crippen LogP contribution in [0.5, 0.6) is 5.75 Å². The van der Waals surface area contributed by atoms with Crippen molar-refractivity contribution in [2.45, 2.75) is 0 Å². The first-order chi connectivity index (χ1) is 12.3. The van der Waals surface area contributed by atoms with E-state index in [2.05, 4.69) is 15.3 Å². The van der Waals surface area contributed by atoms with Crippen LogP contribution >= 0.6 is 41.2 Å². The van der Waals surface area contributed by atoms with Crippen LogP contribution in [0.25, 0.3) is 0 Å². The fourth-order valence-corrected chi connectivity index (χ4v) is 2.86. The number of hydrogen-bond acceptors (Lipinski definition) is 5. The van der Waals surface area contributed by atoms with E-state index in [9.17, 15) is 9.18 Å². The predicted octanol–water partition coefficient (Wildman–Crippen LogP) is 4.66. The molecule has 1 aromatic heterocycles. The Morgan fingerprint density at radius 2 is 2.07 bits per heavy atom. The molecule has 6 nitrogen and oxygen atoms in total. The lowest BCUT2D eigenvalue weighted by Gasteiger charge is -2.19. The SMILES string of the molecule is CN(CCF)C(=O)c1ccc(Nc2nc(Cl)ncc2Cl)c(OP(C)C)c1.P. The molecule has 1 amide bonds. The van der Waals surface area contributed by atoms with Crippen LogP contribution in [-0.2, 0) is 0 Å². The summed E-state index contributed by atoms with van der Waals surface area (Å²) in [5, 5.41) is 3.38. The van der Waals surface area contributed by atoms with E-state index in [1.807, 2.05) is 13.3 Å². The molecule has 0 aliphatic carbocycles. The van der Waals surface area contributed by atoms with E-state index in [0.717, 1.165) is 0 Å². The molecule has 0 saturated heterocycles. The van der Waals surface area contributed by atoms with Crippen LogP contribution in [0.4, 0.5) is 15.9 Å². The minimum Gasteiger partial charge on any atom is -0.472 e. The number of nitrogens with zero attached hydrogens (tertiary/aromatic N) is 3. The Bertz CT molecular complexity index is 799. The molecule has 2 aromatic rings. The van der Waals surface area contributed by atoms with Crippen molar-refractivity contribution >= 4 is 58.7 Å². The van der Waals surface area contributed by atoms with Gasteiger partial charge in [0.25, 0.3) is 5.91 Å². The highest BCUT2D eigenvalue weighted by Gasteiger charge is 2.16. The van der Waals surface area contributed by atoms with E-state index in [0.29, 0.717) is 27.8 Å². The molecule has 27 heavy (non-hydrogen) atoms. The molecular weight excluding hydrogens is 432 g/mol. The van der Waals surface area contributed by atoms with Crippen LogP contribution in [0.15, 0.2) is 24.4 Å². The van der Waals surface area contributed by atoms with Gasteiger partial charge in [-0.15, -0.1) is 0 Å². The van der Waals surface area contributed by atoms with Gasteiger partial charge in [-0.05, 0) is 43.1 Å². The second-order valence-electron chi connectivity index (χ2n) is 5.49. The highest BCUT2D eigenvalue weighted by atomic mass is 35.5. The van der Waals surface area contributed by atoms with E-state index in [1.54, 1.807) is 25.2 Å². The van der Waals surface area contributed by atoms with Crippen molar-refractivity contribution in [3.63, 3.8) is 0 Å². The lowest BCUT2D eigenvalue weighted by Crippen LogP contribution is -2.28. The second-order valence-corrected chi connectivity index (χ2v) is 8.04. The molecule has 1 unspecified atom stereocenters. The number of halogens is 3. The fraction of sp³-hybridized carbons (Fsp3) is 0.312. The Hall–Kier alpha value is -1.26. The number of aromatic nitrogens is 2. The van der Waals surface area contributed by atoms with Gasteiger partial charge in [0.1, 0.15) is 17.4 Å². The molecular formula is C16H21Cl2FN4O2P2. The van der Waals surface area contributed by atoms with E-state index >= 15 is 0 Å². The molecule has 1 N–H and O–H groups in total. The van der Waals surface area contributed by atoms with Gasteiger partial charge in [-0.1, -0.05) is 11.6 Å². The summed E-state index contributed by atoms with van der Waals surface area (Å²) in [6, 6.07) is 4.91. The van der Waals surface area contributed by atoms with Crippen molar-refractivity contribution in [2.75, 3.05) is 38.9 Å². The number of carbonyl (C=O) groups excluding carboxylic acids is 1. The summed E-state index contributed by atoms with van der Waals surface area (Å²) in [6.07, 6.45) is 1.39. The summed E-state index contributed by atoms with van der Waals surface area (Å²) in [5.41, 5.74) is 0.965. The Balaban J connectivity index is 0.00000364. The summed E-state index contributed by atoms with van der Waals surface area (Å²) in [5.74, 6) is 0.492. The van der Waals surface area contributed by atoms with Crippen molar-refractivity contribution in [3.05, 3.63) is 40.3 Å². The summed E-state index contributed by atoms with van der Waals surface area (Å²) in [6.45, 7) is 3.28. The average Bonchev–Trinajstić information content (AvgIpc) is 2.58. The van der Waals surface area contributed by atoms with Crippen LogP contribution in [0.2, 0.25) is 10.3 Å². The maximum Gasteiger partial charge on any atom is 0.253 e. The van der Waals surface area contributed by atoms with Gasteiger partial charge in [0.15, 0.2) is 5.82 Å². The number of amides is 1. The number of carbonyl (C=O) groups is 1. The van der Waals surface area contributed by atoms with Gasteiger partial charge in [0.05, 0.1) is 20.0 Å². The van der Waals surface area contributed by atoms with Crippen LogP contribution in [0.3, 0.4) is 0 Å². The smallest absolute Gasteiger partial charge is 0.253 e. The highest BCUT2D eigenvalue weighted by molar-refractivity contribution is 7.51. The molecule has 148 valence electrons. The molecule has 0 spiro atoms. The summed E-state index contributed by atoms with van der Waals surface area (Å²) in [4.78, 5) is 21.5. The zero-order valence-corrected chi connectivity index (χ0v) is 19.0. The number of alkyl halides is 1. The zero-order chi connectivity index (χ0) is 19.3. The Kier molecular flexibility index (Phi) is 9.61. The van der Waals surface area contributed by atoms with E-state index in [4.69, 9.17) is 27.7 Å². The first kappa shape index (κ1) is 23.8. The van der Waals surface area contributed by atoms with Gasteiger partial charge in [-0.2, -0.15) is 14.9 Å². The first-order valence-corrected chi connectivity index (χ1v) is 10.5. The van der Waals surface area contributed by atoms with Gasteiger partial charge in [0, 0.05) is 19.2 Å². The predicted molar refractivity (Wildman–Crippen MR) is 115 cm³/mol. The van der Waals surface area contributed by atoms with Crippen molar-refractivity contribution in [3.8, 4) is 5.75 Å². The summed E-state index contributed by atoms with van der Waals surface area (Å²) in [7, 11) is 0.794. The summed E-state index contributed by atoms with van der Waals surface area (Å²) < 4.78 is 18.3. The number of anilines is 2. The molecule has 0 bridgehead atoms. The molecule has 0 radical (unpaired) electrons. The number of rotatable bonds is 7. The molecule has 0 saturated carbocycles. The molecule has 0 aliphatic heterocycles. The Morgan fingerprint density at radius 1 is 1.37 bits per heavy atom. The van der Waals surface area contributed by atoms with Crippen molar-refractivity contribution in [1.29, 1.82) is 0 Å². The number of nitrogens with one attached hydrogen (secondary N) is 1. The lowest BCUT2D eigenvalue weighted by molar-refractivity contribution is 0.0786. The van der Waals surface area contributed by atoms with Crippen LogP contribution in [-0.4, -0.2) is 54.4 Å². The average molecular weight is 453 g/mol. The van der Waals surface area contributed by atoms with Crippen molar-refractivity contribution in [2.24, 2.45) is 0 Å². The number of benzene rings is 1. The fourth-order valence-electron chi connectivity index (χ4n) is 2.04. The van der Waals surface area contributed by atoms with Gasteiger partial charge in [0.2, 0.25) is 5.28 Å². The monoisotopic (exact) mass is 452 g/mol. The normalized spacial score (nSPS) is 10.3. The maximum absolute atomic E-state index is 12.5. The molecule has 0 fully saturated rings. The van der Waals surface area contributed by atoms with Gasteiger partial charge in [-0.25, -0.2) is 9.37 Å². The maximum atomic E-state index is 12.5. The Morgan fingerprint density at radius 3 is 2.70 bits per heavy atom. The van der Waals surface area contributed by atoms with Crippen LogP contribution in [0.1, 0.15) is 10.4 Å². The molecule has 1 aromatic carbocycles. The molecule has 2 rings (SSSR count). The largest absolute Gasteiger partial charge is 0.472 e. The highest BCUT2D eigenvalue weighted by Crippen LogP contribution is 2.38. The van der Waals surface area contributed by atoms with E-state index < -0.39 is 14.8 Å². The van der Waals surface area contributed by atoms with Gasteiger partial charge < -0.3 is 14.7 Å². The topological polar surface area (TPSA) is 67.4 Å². The quantitative estimate of drug-likeness (QED) is 0.488. The third kappa shape index (κ3) is 6.69. The first-order valence-electron chi connectivity index (χ1n) is 7.57. The zero-order valence-electron chi connectivity index (χ0n) is 15.2. The Labute approximate surface area is 172 Å². The summed E-state index contributed by atoms with van der Waals surface area (Å²) >= 11 is 11.9. The molecule has 11 heteroatoms. The minimum atomic E-state index is -0.752. The van der Waals surface area contributed by atoms with E-state index in [-0.39, 0.29) is 27.6 Å². The van der Waals surface area contributed by atoms with Crippen molar-refractivity contribution in [1.82, 2.24) is 14.9 Å². The van der Waals surface area contributed by atoms with Gasteiger partial charge >= 0.3 is 0 Å². The third-order valence-electron chi connectivity index (χ3n) is 3.24.